The van der Waals surface area contributed by atoms with E-state index in [1.165, 1.54) is 5.56 Å². The van der Waals surface area contributed by atoms with Gasteiger partial charge in [0, 0.05) is 11.6 Å². The first kappa shape index (κ1) is 14.0. The van der Waals surface area contributed by atoms with Gasteiger partial charge in [-0.2, -0.15) is 0 Å². The van der Waals surface area contributed by atoms with Crippen LogP contribution >= 0.6 is 0 Å². The van der Waals surface area contributed by atoms with Crippen molar-refractivity contribution in [2.75, 3.05) is 13.1 Å². The summed E-state index contributed by atoms with van der Waals surface area (Å²) in [5.41, 5.74) is 1.96. The maximum Gasteiger partial charge on any atom is 0.226 e. The summed E-state index contributed by atoms with van der Waals surface area (Å²) in [5, 5.41) is 6.35. The first-order valence-corrected chi connectivity index (χ1v) is 7.07. The van der Waals surface area contributed by atoms with Crippen molar-refractivity contribution in [3.05, 3.63) is 29.6 Å². The maximum atomic E-state index is 12.3. The average Bonchev–Trinajstić information content (AvgIpc) is 2.45. The number of aromatic nitrogens is 1. The van der Waals surface area contributed by atoms with E-state index < -0.39 is 0 Å². The summed E-state index contributed by atoms with van der Waals surface area (Å²) in [5.74, 6) is 0.154. The van der Waals surface area contributed by atoms with Crippen molar-refractivity contribution in [2.45, 2.75) is 39.7 Å². The van der Waals surface area contributed by atoms with E-state index in [4.69, 9.17) is 0 Å². The molecule has 1 saturated heterocycles. The van der Waals surface area contributed by atoms with Gasteiger partial charge in [0.2, 0.25) is 5.91 Å². The van der Waals surface area contributed by atoms with Crippen LogP contribution < -0.4 is 10.6 Å². The second kappa shape index (κ2) is 6.15. The van der Waals surface area contributed by atoms with Crippen LogP contribution in [0.5, 0.6) is 0 Å². The fourth-order valence-corrected chi connectivity index (χ4v) is 2.54. The van der Waals surface area contributed by atoms with Crippen LogP contribution in [0.25, 0.3) is 0 Å². The summed E-state index contributed by atoms with van der Waals surface area (Å²) < 4.78 is 0. The minimum absolute atomic E-state index is 0.154. The van der Waals surface area contributed by atoms with Crippen LogP contribution in [0, 0.1) is 5.41 Å². The fraction of sp³-hybridized carbons (Fsp3) is 0.600. The molecule has 0 unspecified atom stereocenters. The molecule has 1 fully saturated rings. The molecule has 1 aliphatic rings. The van der Waals surface area contributed by atoms with Crippen LogP contribution in [-0.4, -0.2) is 24.0 Å². The largest absolute Gasteiger partial charge is 0.350 e. The van der Waals surface area contributed by atoms with E-state index >= 15 is 0 Å². The third kappa shape index (κ3) is 3.32. The first-order chi connectivity index (χ1) is 9.15. The lowest BCUT2D eigenvalue weighted by Gasteiger charge is -2.32. The molecule has 0 radical (unpaired) electrons. The molecule has 0 bridgehead atoms. The monoisotopic (exact) mass is 261 g/mol. The molecular formula is C15H23N3O. The molecule has 2 rings (SSSR count). The van der Waals surface area contributed by atoms with Crippen LogP contribution in [0.15, 0.2) is 18.3 Å². The van der Waals surface area contributed by atoms with Gasteiger partial charge in [-0.1, -0.05) is 19.9 Å². The smallest absolute Gasteiger partial charge is 0.226 e. The molecule has 1 aromatic rings. The Morgan fingerprint density at radius 2 is 2.21 bits per heavy atom. The molecule has 0 spiro atoms. The van der Waals surface area contributed by atoms with Crippen molar-refractivity contribution in [1.29, 1.82) is 0 Å². The Morgan fingerprint density at radius 3 is 2.89 bits per heavy atom. The van der Waals surface area contributed by atoms with Gasteiger partial charge in [-0.05, 0) is 44.0 Å². The van der Waals surface area contributed by atoms with E-state index in [9.17, 15) is 4.79 Å². The van der Waals surface area contributed by atoms with E-state index in [0.29, 0.717) is 6.54 Å². The molecule has 4 nitrogen and oxygen atoms in total. The van der Waals surface area contributed by atoms with Crippen LogP contribution in [0.3, 0.4) is 0 Å². The van der Waals surface area contributed by atoms with Gasteiger partial charge >= 0.3 is 0 Å². The molecule has 1 aliphatic heterocycles. The summed E-state index contributed by atoms with van der Waals surface area (Å²) in [4.78, 5) is 16.7. The highest BCUT2D eigenvalue weighted by molar-refractivity contribution is 5.82. The number of rotatable bonds is 4. The number of hydrogen-bond acceptors (Lipinski definition) is 3. The van der Waals surface area contributed by atoms with Crippen molar-refractivity contribution < 1.29 is 4.79 Å². The van der Waals surface area contributed by atoms with E-state index in [1.807, 2.05) is 6.07 Å². The Morgan fingerprint density at radius 1 is 1.47 bits per heavy atom. The molecule has 4 heteroatoms. The zero-order valence-corrected chi connectivity index (χ0v) is 11.8. The quantitative estimate of drug-likeness (QED) is 0.866. The molecule has 0 aliphatic carbocycles. The van der Waals surface area contributed by atoms with Gasteiger partial charge in [0.1, 0.15) is 0 Å². The molecule has 1 amide bonds. The molecule has 0 saturated carbocycles. The third-order valence-corrected chi connectivity index (χ3v) is 4.04. The number of nitrogens with zero attached hydrogens (tertiary/aromatic N) is 1. The van der Waals surface area contributed by atoms with Gasteiger partial charge in [-0.15, -0.1) is 0 Å². The molecule has 2 heterocycles. The average molecular weight is 261 g/mol. The Kier molecular flexibility index (Phi) is 4.53. The van der Waals surface area contributed by atoms with Gasteiger partial charge in [-0.3, -0.25) is 9.78 Å². The van der Waals surface area contributed by atoms with Crippen molar-refractivity contribution in [2.24, 2.45) is 5.41 Å². The Balaban J connectivity index is 1.96. The number of carbonyl (C=O) groups excluding carboxylic acids is 1. The Bertz CT molecular complexity index is 439. The zero-order valence-electron chi connectivity index (χ0n) is 11.8. The van der Waals surface area contributed by atoms with E-state index in [1.54, 1.807) is 6.20 Å². The summed E-state index contributed by atoms with van der Waals surface area (Å²) in [6.07, 6.45) is 4.54. The highest BCUT2D eigenvalue weighted by Crippen LogP contribution is 2.28. The molecule has 19 heavy (non-hydrogen) atoms. The third-order valence-electron chi connectivity index (χ3n) is 4.04. The maximum absolute atomic E-state index is 12.3. The lowest BCUT2D eigenvalue weighted by atomic mass is 9.80. The summed E-state index contributed by atoms with van der Waals surface area (Å²) in [7, 11) is 0. The van der Waals surface area contributed by atoms with E-state index in [2.05, 4.69) is 35.5 Å². The van der Waals surface area contributed by atoms with Crippen LogP contribution in [0.2, 0.25) is 0 Å². The van der Waals surface area contributed by atoms with Gasteiger partial charge in [0.05, 0.1) is 12.2 Å². The van der Waals surface area contributed by atoms with E-state index in [0.717, 1.165) is 38.0 Å². The first-order valence-electron chi connectivity index (χ1n) is 7.07. The molecule has 104 valence electrons. The normalized spacial score (nSPS) is 18.0. The van der Waals surface area contributed by atoms with Crippen molar-refractivity contribution in [1.82, 2.24) is 15.6 Å². The topological polar surface area (TPSA) is 54.0 Å². The standard InChI is InChI=1S/C15H23N3O/c1-3-12-5-4-8-17-13(12)11-18-14(19)15(2)6-9-16-10-7-15/h4-5,8,16H,3,6-7,9-11H2,1-2H3,(H,18,19). The molecular weight excluding hydrogens is 238 g/mol. The molecule has 1 aromatic heterocycles. The molecule has 0 atom stereocenters. The fourth-order valence-electron chi connectivity index (χ4n) is 2.54. The van der Waals surface area contributed by atoms with Crippen LogP contribution in [0.4, 0.5) is 0 Å². The number of carbonyl (C=O) groups is 1. The van der Waals surface area contributed by atoms with E-state index in [-0.39, 0.29) is 11.3 Å². The predicted molar refractivity (Wildman–Crippen MR) is 75.7 cm³/mol. The lowest BCUT2D eigenvalue weighted by molar-refractivity contribution is -0.131. The number of hydrogen-bond donors (Lipinski definition) is 2. The van der Waals surface area contributed by atoms with Crippen molar-refractivity contribution >= 4 is 5.91 Å². The van der Waals surface area contributed by atoms with Gasteiger partial charge < -0.3 is 10.6 Å². The lowest BCUT2D eigenvalue weighted by Crippen LogP contribution is -2.45. The predicted octanol–water partition coefficient (Wildman–Crippen LogP) is 1.65. The van der Waals surface area contributed by atoms with Crippen LogP contribution in [0.1, 0.15) is 37.9 Å². The minimum Gasteiger partial charge on any atom is -0.350 e. The number of amides is 1. The number of nitrogens with one attached hydrogen (secondary N) is 2. The molecule has 0 aromatic carbocycles. The van der Waals surface area contributed by atoms with Gasteiger partial charge in [0.25, 0.3) is 0 Å². The van der Waals surface area contributed by atoms with Crippen molar-refractivity contribution in [3.63, 3.8) is 0 Å². The minimum atomic E-state index is -0.230. The number of piperidine rings is 1. The summed E-state index contributed by atoms with van der Waals surface area (Å²) in [6, 6.07) is 4.01. The second-order valence-electron chi connectivity index (χ2n) is 5.46. The Labute approximate surface area is 115 Å². The summed E-state index contributed by atoms with van der Waals surface area (Å²) in [6.45, 7) is 6.55. The highest BCUT2D eigenvalue weighted by Gasteiger charge is 2.34. The zero-order chi connectivity index (χ0) is 13.7. The van der Waals surface area contributed by atoms with Gasteiger partial charge in [-0.25, -0.2) is 0 Å². The Hall–Kier alpha value is -1.42. The highest BCUT2D eigenvalue weighted by atomic mass is 16.2. The summed E-state index contributed by atoms with van der Waals surface area (Å²) >= 11 is 0. The van der Waals surface area contributed by atoms with Crippen LogP contribution in [-0.2, 0) is 17.8 Å². The number of aryl methyl sites for hydroxylation is 1. The van der Waals surface area contributed by atoms with Gasteiger partial charge in [0.15, 0.2) is 0 Å². The van der Waals surface area contributed by atoms with Crippen molar-refractivity contribution in [3.8, 4) is 0 Å². The second-order valence-corrected chi connectivity index (χ2v) is 5.46. The molecule has 2 N–H and O–H groups in total. The number of pyridine rings is 1. The SMILES string of the molecule is CCc1cccnc1CNC(=O)C1(C)CCNCC1.